The van der Waals surface area contributed by atoms with Crippen molar-refractivity contribution in [1.82, 2.24) is 4.90 Å². The van der Waals surface area contributed by atoms with Crippen LogP contribution in [0.4, 0.5) is 4.70 Å². The third kappa shape index (κ3) is 6.59. The summed E-state index contributed by atoms with van der Waals surface area (Å²) in [4.78, 5) is 2.41. The lowest BCUT2D eigenvalue weighted by Crippen LogP contribution is -2.28. The van der Waals surface area contributed by atoms with Crippen LogP contribution in [0.1, 0.15) is 40.5 Å². The molecule has 1 nitrogen and oxygen atoms in total. The predicted octanol–water partition coefficient (Wildman–Crippen LogP) is 2.92. The van der Waals surface area contributed by atoms with Gasteiger partial charge in [-0.15, -0.1) is 0 Å². The van der Waals surface area contributed by atoms with Crippen molar-refractivity contribution < 1.29 is 4.70 Å². The first-order valence-corrected chi connectivity index (χ1v) is 4.78. The van der Waals surface area contributed by atoms with E-state index in [0.29, 0.717) is 6.04 Å². The molecule has 2 heteroatoms. The lowest BCUT2D eigenvalue weighted by atomic mass is 10.1. The van der Waals surface area contributed by atoms with Gasteiger partial charge in [-0.05, 0) is 39.8 Å². The van der Waals surface area contributed by atoms with E-state index in [1.807, 2.05) is 0 Å². The van der Waals surface area contributed by atoms with Gasteiger partial charge in [0.05, 0.1) is 0 Å². The molecule has 0 rings (SSSR count). The van der Waals surface area contributed by atoms with Gasteiger partial charge < -0.3 is 4.90 Å². The minimum Gasteiger partial charge on any atom is -0.304 e. The fourth-order valence-corrected chi connectivity index (χ4v) is 0.886. The number of halogens is 1. The van der Waals surface area contributed by atoms with Gasteiger partial charge in [0, 0.05) is 6.04 Å². The summed E-state index contributed by atoms with van der Waals surface area (Å²) in [6, 6.07) is 0.694. The molecule has 0 spiro atoms. The van der Waals surface area contributed by atoms with Crippen molar-refractivity contribution in [1.29, 1.82) is 0 Å². The van der Waals surface area contributed by atoms with Gasteiger partial charge in [0.15, 0.2) is 0 Å². The monoisotopic (exact) mass is 177 g/mol. The van der Waals surface area contributed by atoms with Crippen LogP contribution in [0.5, 0.6) is 0 Å². The van der Waals surface area contributed by atoms with Gasteiger partial charge in [-0.25, -0.2) is 0 Å². The maximum Gasteiger partial charge on any atom is 0.00355 e. The molecule has 0 aliphatic heterocycles. The topological polar surface area (TPSA) is 3.24 Å². The molecule has 12 heavy (non-hydrogen) atoms. The van der Waals surface area contributed by atoms with E-state index in [-0.39, 0.29) is 4.70 Å². The third-order valence-electron chi connectivity index (χ3n) is 2.55. The molecule has 0 N–H and O–H groups in total. The van der Waals surface area contributed by atoms with Gasteiger partial charge >= 0.3 is 0 Å². The highest BCUT2D eigenvalue weighted by Crippen LogP contribution is 2.07. The Morgan fingerprint density at radius 2 is 1.67 bits per heavy atom. The molecule has 1 atom stereocenters. The van der Waals surface area contributed by atoms with Gasteiger partial charge in [0.1, 0.15) is 0 Å². The van der Waals surface area contributed by atoms with E-state index in [0.717, 1.165) is 5.92 Å². The first-order chi connectivity index (χ1) is 5.07. The first-order valence-electron chi connectivity index (χ1n) is 4.78. The van der Waals surface area contributed by atoms with Crippen LogP contribution in [0.2, 0.25) is 0 Å². The number of nitrogens with zero attached hydrogens (tertiary/aromatic N) is 1. The Balaban J connectivity index is 0. The van der Waals surface area contributed by atoms with Crippen molar-refractivity contribution in [2.45, 2.75) is 46.6 Å². The fourth-order valence-electron chi connectivity index (χ4n) is 0.886. The zero-order chi connectivity index (χ0) is 8.85. The van der Waals surface area contributed by atoms with Crippen LogP contribution in [0.25, 0.3) is 0 Å². The summed E-state index contributed by atoms with van der Waals surface area (Å²) in [5, 5.41) is 0. The molecule has 0 fully saturated rings. The standard InChI is InChI=1S/C10H23N.FH/c1-6-10(4)7-8-11(5)9(2)3;/h9-10H,6-8H2,1-5H3;1H/t10-;/m1./s1. The van der Waals surface area contributed by atoms with Crippen LogP contribution in [-0.2, 0) is 0 Å². The summed E-state index contributed by atoms with van der Waals surface area (Å²) in [5.74, 6) is 0.885. The Hall–Kier alpha value is -0.110. The van der Waals surface area contributed by atoms with Gasteiger partial charge in [0.25, 0.3) is 0 Å². The quantitative estimate of drug-likeness (QED) is 0.624. The van der Waals surface area contributed by atoms with Crippen molar-refractivity contribution in [3.8, 4) is 0 Å². The molecule has 0 saturated heterocycles. The van der Waals surface area contributed by atoms with Crippen LogP contribution in [-0.4, -0.2) is 24.5 Å². The van der Waals surface area contributed by atoms with Crippen molar-refractivity contribution in [3.05, 3.63) is 0 Å². The fraction of sp³-hybridized carbons (Fsp3) is 1.00. The molecular weight excluding hydrogens is 153 g/mol. The highest BCUT2D eigenvalue weighted by Gasteiger charge is 2.04. The summed E-state index contributed by atoms with van der Waals surface area (Å²) in [6.45, 7) is 10.3. The zero-order valence-corrected chi connectivity index (χ0v) is 9.13. The van der Waals surface area contributed by atoms with E-state index in [1.165, 1.54) is 19.4 Å². The van der Waals surface area contributed by atoms with E-state index in [9.17, 15) is 0 Å². The normalized spacial score (nSPS) is 13.2. The third-order valence-corrected chi connectivity index (χ3v) is 2.55. The molecule has 0 bridgehead atoms. The molecule has 0 saturated carbocycles. The van der Waals surface area contributed by atoms with E-state index in [1.54, 1.807) is 0 Å². The molecule has 0 heterocycles. The molecule has 0 aromatic heterocycles. The number of hydrogen-bond acceptors (Lipinski definition) is 1. The molecule has 0 radical (unpaired) electrons. The molecule has 0 aliphatic carbocycles. The average molecular weight is 177 g/mol. The van der Waals surface area contributed by atoms with Crippen LogP contribution in [0.15, 0.2) is 0 Å². The largest absolute Gasteiger partial charge is 0.304 e. The van der Waals surface area contributed by atoms with E-state index < -0.39 is 0 Å². The molecule has 0 aromatic carbocycles. The summed E-state index contributed by atoms with van der Waals surface area (Å²) in [6.07, 6.45) is 2.65. The van der Waals surface area contributed by atoms with Crippen molar-refractivity contribution >= 4 is 0 Å². The maximum atomic E-state index is 2.41. The molecular formula is C10H24FN. The smallest absolute Gasteiger partial charge is 0.00355 e. The summed E-state index contributed by atoms with van der Waals surface area (Å²) >= 11 is 0. The van der Waals surface area contributed by atoms with Crippen LogP contribution < -0.4 is 0 Å². The Morgan fingerprint density at radius 3 is 2.00 bits per heavy atom. The zero-order valence-electron chi connectivity index (χ0n) is 9.13. The van der Waals surface area contributed by atoms with Gasteiger partial charge in [-0.3, -0.25) is 4.70 Å². The molecule has 0 amide bonds. The van der Waals surface area contributed by atoms with Crippen LogP contribution in [0.3, 0.4) is 0 Å². The van der Waals surface area contributed by atoms with E-state index in [2.05, 4.69) is 39.6 Å². The molecule has 0 aromatic rings. The number of rotatable bonds is 5. The lowest BCUT2D eigenvalue weighted by Gasteiger charge is -2.22. The second kappa shape index (κ2) is 7.53. The Bertz CT molecular complexity index is 93.8. The van der Waals surface area contributed by atoms with Crippen molar-refractivity contribution in [2.75, 3.05) is 13.6 Å². The van der Waals surface area contributed by atoms with Crippen molar-refractivity contribution in [2.24, 2.45) is 5.92 Å². The van der Waals surface area contributed by atoms with Crippen LogP contribution >= 0.6 is 0 Å². The average Bonchev–Trinajstić information content (AvgIpc) is 1.99. The van der Waals surface area contributed by atoms with E-state index >= 15 is 0 Å². The molecule has 0 aliphatic rings. The second-order valence-electron chi connectivity index (χ2n) is 3.88. The minimum absolute atomic E-state index is 0. The summed E-state index contributed by atoms with van der Waals surface area (Å²) in [5.41, 5.74) is 0. The Labute approximate surface area is 76.5 Å². The first kappa shape index (κ1) is 14.4. The maximum absolute atomic E-state index is 2.41. The highest BCUT2D eigenvalue weighted by molar-refractivity contribution is 4.59. The Kier molecular flexibility index (Phi) is 9.05. The Morgan fingerprint density at radius 1 is 1.17 bits per heavy atom. The molecule has 0 unspecified atom stereocenters. The lowest BCUT2D eigenvalue weighted by molar-refractivity contribution is 0.253. The van der Waals surface area contributed by atoms with Gasteiger partial charge in [-0.2, -0.15) is 0 Å². The van der Waals surface area contributed by atoms with Crippen molar-refractivity contribution in [3.63, 3.8) is 0 Å². The second-order valence-corrected chi connectivity index (χ2v) is 3.88. The van der Waals surface area contributed by atoms with Crippen LogP contribution in [0, 0.1) is 5.92 Å². The predicted molar refractivity (Wildman–Crippen MR) is 54.3 cm³/mol. The molecule has 76 valence electrons. The summed E-state index contributed by atoms with van der Waals surface area (Å²) < 4.78 is 0. The summed E-state index contributed by atoms with van der Waals surface area (Å²) in [7, 11) is 2.20. The SMILES string of the molecule is CC[C@@H](C)CCN(C)C(C)C.F. The highest BCUT2D eigenvalue weighted by atomic mass is 19.0. The van der Waals surface area contributed by atoms with E-state index in [4.69, 9.17) is 0 Å². The minimum atomic E-state index is 0. The van der Waals surface area contributed by atoms with Gasteiger partial charge in [-0.1, -0.05) is 20.3 Å². The van der Waals surface area contributed by atoms with Gasteiger partial charge in [0.2, 0.25) is 0 Å². The number of hydrogen-bond donors (Lipinski definition) is 0.